The number of thiazole rings is 1. The number of tetrazole rings is 1. The Kier molecular flexibility index (Phi) is 6.61. The van der Waals surface area contributed by atoms with Gasteiger partial charge in [-0.3, -0.25) is 4.79 Å². The van der Waals surface area contributed by atoms with Gasteiger partial charge in [0.2, 0.25) is 5.16 Å². The zero-order chi connectivity index (χ0) is 23.0. The van der Waals surface area contributed by atoms with Gasteiger partial charge < -0.3 is 4.74 Å². The van der Waals surface area contributed by atoms with Crippen LogP contribution in [0.3, 0.4) is 0 Å². The molecule has 0 unspecified atom stereocenters. The van der Waals surface area contributed by atoms with Gasteiger partial charge in [-0.15, -0.1) is 5.10 Å². The predicted molar refractivity (Wildman–Crippen MR) is 123 cm³/mol. The first-order valence-electron chi connectivity index (χ1n) is 9.53. The molecule has 9 nitrogen and oxygen atoms in total. The summed E-state index contributed by atoms with van der Waals surface area (Å²) in [6.07, 6.45) is 1.59. The number of esters is 1. The summed E-state index contributed by atoms with van der Waals surface area (Å²) in [4.78, 5) is 26.3. The van der Waals surface area contributed by atoms with Gasteiger partial charge in [0.25, 0.3) is 5.19 Å². The van der Waals surface area contributed by atoms with Crippen molar-refractivity contribution < 1.29 is 9.53 Å². The van der Waals surface area contributed by atoms with E-state index in [-0.39, 0.29) is 23.1 Å². The van der Waals surface area contributed by atoms with Gasteiger partial charge in [-0.25, -0.2) is 19.6 Å². The molecule has 1 aromatic carbocycles. The van der Waals surface area contributed by atoms with Crippen molar-refractivity contribution in [2.75, 3.05) is 0 Å². The summed E-state index contributed by atoms with van der Waals surface area (Å²) in [5.74, 6) is -0.627. The zero-order valence-corrected chi connectivity index (χ0v) is 20.6. The van der Waals surface area contributed by atoms with Crippen LogP contribution in [0.4, 0.5) is 0 Å². The number of hydrogen-bond acceptors (Lipinski definition) is 10. The van der Waals surface area contributed by atoms with Gasteiger partial charge >= 0.3 is 5.97 Å². The molecule has 32 heavy (non-hydrogen) atoms. The number of benzene rings is 1. The van der Waals surface area contributed by atoms with Crippen LogP contribution < -0.4 is 4.74 Å². The molecule has 0 radical (unpaired) electrons. The Bertz CT molecular complexity index is 1310. The van der Waals surface area contributed by atoms with Crippen molar-refractivity contribution in [1.29, 1.82) is 0 Å². The number of aromatic nitrogens is 7. The second-order valence-corrected chi connectivity index (χ2v) is 10.1. The monoisotopic (exact) mass is 509 g/mol. The van der Waals surface area contributed by atoms with E-state index in [1.807, 2.05) is 13.8 Å². The van der Waals surface area contributed by atoms with Crippen LogP contribution in [0.25, 0.3) is 21.6 Å². The van der Waals surface area contributed by atoms with Crippen molar-refractivity contribution >= 4 is 63.3 Å². The number of halogens is 2. The molecule has 0 amide bonds. The van der Waals surface area contributed by atoms with Gasteiger partial charge in [0, 0.05) is 0 Å². The van der Waals surface area contributed by atoms with Crippen molar-refractivity contribution in [2.45, 2.75) is 43.9 Å². The standard InChI is InChI=1S/C19H17Cl2N7O2S2/c1-8(2)17(29)30-19-22-7-14(31-19)15-16(32-18-25-26-27-28(18)9(3)4)24-13-6-11(21)10(20)5-12(13)23-15/h5-9H,1-4H3. The van der Waals surface area contributed by atoms with E-state index in [0.717, 1.165) is 0 Å². The van der Waals surface area contributed by atoms with Gasteiger partial charge in [0.05, 0.1) is 44.1 Å². The molecule has 0 aliphatic carbocycles. The van der Waals surface area contributed by atoms with Crippen LogP contribution in [0.1, 0.15) is 33.7 Å². The van der Waals surface area contributed by atoms with Crippen LogP contribution in [-0.4, -0.2) is 41.1 Å². The lowest BCUT2D eigenvalue weighted by molar-refractivity contribution is -0.137. The zero-order valence-electron chi connectivity index (χ0n) is 17.4. The minimum absolute atomic E-state index is 0.0584. The highest BCUT2D eigenvalue weighted by molar-refractivity contribution is 7.99. The highest BCUT2D eigenvalue weighted by Crippen LogP contribution is 2.39. The number of rotatable bonds is 6. The number of nitrogens with zero attached hydrogens (tertiary/aromatic N) is 7. The van der Waals surface area contributed by atoms with Crippen molar-refractivity contribution in [3.05, 3.63) is 28.4 Å². The molecule has 0 atom stereocenters. The Labute approximate surface area is 201 Å². The minimum Gasteiger partial charge on any atom is -0.398 e. The van der Waals surface area contributed by atoms with E-state index in [2.05, 4.69) is 20.5 Å². The maximum atomic E-state index is 11.9. The molecule has 166 valence electrons. The van der Waals surface area contributed by atoms with E-state index >= 15 is 0 Å². The molecular weight excluding hydrogens is 493 g/mol. The molecule has 3 heterocycles. The molecule has 0 spiro atoms. The van der Waals surface area contributed by atoms with Crippen molar-refractivity contribution in [3.63, 3.8) is 0 Å². The topological polar surface area (TPSA) is 109 Å². The van der Waals surface area contributed by atoms with Crippen molar-refractivity contribution in [2.24, 2.45) is 5.92 Å². The van der Waals surface area contributed by atoms with E-state index in [1.165, 1.54) is 23.1 Å². The van der Waals surface area contributed by atoms with Gasteiger partial charge in [0.15, 0.2) is 0 Å². The van der Waals surface area contributed by atoms with Crippen LogP contribution in [-0.2, 0) is 4.79 Å². The number of carbonyl (C=O) groups excluding carboxylic acids is 1. The molecule has 0 aliphatic rings. The maximum Gasteiger partial charge on any atom is 0.315 e. The van der Waals surface area contributed by atoms with Gasteiger partial charge in [-0.2, -0.15) is 0 Å². The van der Waals surface area contributed by atoms with Crippen LogP contribution >= 0.6 is 46.3 Å². The summed E-state index contributed by atoms with van der Waals surface area (Å²) in [5, 5.41) is 14.0. The molecule has 0 aliphatic heterocycles. The van der Waals surface area contributed by atoms with E-state index < -0.39 is 0 Å². The third-order valence-electron chi connectivity index (χ3n) is 4.19. The molecule has 13 heteroatoms. The van der Waals surface area contributed by atoms with Crippen LogP contribution in [0.5, 0.6) is 5.19 Å². The number of ether oxygens (including phenoxy) is 1. The average molecular weight is 510 g/mol. The molecule has 0 fully saturated rings. The summed E-state index contributed by atoms with van der Waals surface area (Å²) in [5.41, 5.74) is 1.69. The summed E-state index contributed by atoms with van der Waals surface area (Å²) in [6.45, 7) is 7.48. The summed E-state index contributed by atoms with van der Waals surface area (Å²) < 4.78 is 7.03. The Morgan fingerprint density at radius 3 is 2.47 bits per heavy atom. The second-order valence-electron chi connectivity index (χ2n) is 7.30. The molecular formula is C19H17Cl2N7O2S2. The van der Waals surface area contributed by atoms with E-state index in [9.17, 15) is 4.79 Å². The quantitative estimate of drug-likeness (QED) is 0.318. The van der Waals surface area contributed by atoms with Crippen molar-refractivity contribution in [3.8, 4) is 15.8 Å². The number of fused-ring (bicyclic) bond motifs is 1. The molecule has 0 saturated carbocycles. The fourth-order valence-corrected chi connectivity index (χ4v) is 4.68. The molecule has 3 aromatic heterocycles. The van der Waals surface area contributed by atoms with E-state index in [0.29, 0.717) is 41.8 Å². The Morgan fingerprint density at radius 1 is 1.12 bits per heavy atom. The first-order chi connectivity index (χ1) is 15.2. The Morgan fingerprint density at radius 2 is 1.81 bits per heavy atom. The fraction of sp³-hybridized carbons (Fsp3) is 0.316. The van der Waals surface area contributed by atoms with Crippen LogP contribution in [0, 0.1) is 5.92 Å². The number of hydrogen-bond donors (Lipinski definition) is 0. The summed E-state index contributed by atoms with van der Waals surface area (Å²) in [6, 6.07) is 3.37. The Hall–Kier alpha value is -2.34. The first kappa shape index (κ1) is 22.8. The lowest BCUT2D eigenvalue weighted by atomic mass is 10.2. The normalized spacial score (nSPS) is 11.6. The van der Waals surface area contributed by atoms with Gasteiger partial charge in [-0.1, -0.05) is 48.4 Å². The molecule has 4 rings (SSSR count). The third-order valence-corrected chi connectivity index (χ3v) is 6.72. The summed E-state index contributed by atoms with van der Waals surface area (Å²) in [7, 11) is 0. The summed E-state index contributed by atoms with van der Waals surface area (Å²) >= 11 is 14.8. The first-order valence-corrected chi connectivity index (χ1v) is 11.9. The predicted octanol–water partition coefficient (Wildman–Crippen LogP) is 5.34. The lowest BCUT2D eigenvalue weighted by Gasteiger charge is -2.10. The third kappa shape index (κ3) is 4.70. The Balaban J connectivity index is 1.81. The molecule has 0 bridgehead atoms. The number of carbonyl (C=O) groups is 1. The second kappa shape index (κ2) is 9.26. The van der Waals surface area contributed by atoms with E-state index in [1.54, 1.807) is 36.9 Å². The van der Waals surface area contributed by atoms with Crippen LogP contribution in [0.15, 0.2) is 28.5 Å². The van der Waals surface area contributed by atoms with Gasteiger partial charge in [0.1, 0.15) is 10.7 Å². The molecule has 4 aromatic rings. The smallest absolute Gasteiger partial charge is 0.315 e. The SMILES string of the molecule is CC(C)C(=O)Oc1ncc(-c2nc3cc(Cl)c(Cl)cc3nc2Sc2nnnn2C(C)C)s1. The van der Waals surface area contributed by atoms with Gasteiger partial charge in [-0.05, 0) is 48.2 Å². The highest BCUT2D eigenvalue weighted by atomic mass is 35.5. The average Bonchev–Trinajstić information content (AvgIpc) is 3.38. The fourth-order valence-electron chi connectivity index (χ4n) is 2.55. The minimum atomic E-state index is -0.359. The highest BCUT2D eigenvalue weighted by Gasteiger charge is 2.21. The molecule has 0 N–H and O–H groups in total. The van der Waals surface area contributed by atoms with Crippen molar-refractivity contribution in [1.82, 2.24) is 35.2 Å². The van der Waals surface area contributed by atoms with E-state index in [4.69, 9.17) is 37.9 Å². The largest absolute Gasteiger partial charge is 0.398 e. The van der Waals surface area contributed by atoms with Crippen LogP contribution in [0.2, 0.25) is 10.0 Å². The lowest BCUT2D eigenvalue weighted by Crippen LogP contribution is -2.14. The maximum absolute atomic E-state index is 11.9. The molecule has 0 saturated heterocycles.